The van der Waals surface area contributed by atoms with Crippen molar-refractivity contribution in [2.24, 2.45) is 0 Å². The zero-order chi connectivity index (χ0) is 26.4. The number of carboxylic acids is 1. The summed E-state index contributed by atoms with van der Waals surface area (Å²) in [6, 6.07) is 16.1. The summed E-state index contributed by atoms with van der Waals surface area (Å²) in [4.78, 5) is 50.6. The molecule has 2 N–H and O–H groups in total. The molecule has 186 valence electrons. The van der Waals surface area contributed by atoms with E-state index in [4.69, 9.17) is 32.7 Å². The Labute approximate surface area is 216 Å². The zero-order valence-electron chi connectivity index (χ0n) is 19.2. The maximum absolute atomic E-state index is 13.2. The molecule has 2 atom stereocenters. The molecule has 0 spiro atoms. The normalized spacial score (nSPS) is 12.2. The first kappa shape index (κ1) is 26.7. The summed E-state index contributed by atoms with van der Waals surface area (Å²) in [6.07, 6.45) is -4.18. The maximum atomic E-state index is 13.2. The Bertz CT molecular complexity index is 1290. The maximum Gasteiger partial charge on any atom is 0.349 e. The molecule has 3 aromatic carbocycles. The Morgan fingerprint density at radius 2 is 1.19 bits per heavy atom. The Morgan fingerprint density at radius 1 is 0.722 bits per heavy atom. The molecule has 0 unspecified atom stereocenters. The monoisotopic (exact) mass is 529 g/mol. The van der Waals surface area contributed by atoms with Crippen molar-refractivity contribution in [1.29, 1.82) is 0 Å². The standard InChI is InChI=1S/C26H21Cl2NO7/c1-14-3-12-20(13-15(14)2)29-23(30)21(35-25(33)16-4-8-18(27)9-5-16)22(24(31)32)36-26(34)17-6-10-19(28)11-7-17/h3-13,21-22H,1-2H3,(H,29,30)(H,31,32)/t21-,22+/m1/s1. The highest BCUT2D eigenvalue weighted by molar-refractivity contribution is 6.31. The number of hydrogen-bond donors (Lipinski definition) is 2. The van der Waals surface area contributed by atoms with Crippen molar-refractivity contribution in [3.63, 3.8) is 0 Å². The minimum Gasteiger partial charge on any atom is -0.478 e. The third kappa shape index (κ3) is 6.84. The van der Waals surface area contributed by atoms with Gasteiger partial charge in [0.1, 0.15) is 0 Å². The summed E-state index contributed by atoms with van der Waals surface area (Å²) in [6.45, 7) is 3.71. The van der Waals surface area contributed by atoms with Gasteiger partial charge in [0.2, 0.25) is 12.2 Å². The van der Waals surface area contributed by atoms with E-state index < -0.39 is 36.0 Å². The quantitative estimate of drug-likeness (QED) is 0.390. The van der Waals surface area contributed by atoms with Gasteiger partial charge in [-0.2, -0.15) is 0 Å². The largest absolute Gasteiger partial charge is 0.478 e. The third-order valence-electron chi connectivity index (χ3n) is 5.18. The molecule has 0 aliphatic heterocycles. The number of amides is 1. The van der Waals surface area contributed by atoms with E-state index >= 15 is 0 Å². The molecule has 0 aliphatic rings. The molecule has 0 bridgehead atoms. The average Bonchev–Trinajstić information content (AvgIpc) is 2.84. The summed E-state index contributed by atoms with van der Waals surface area (Å²) < 4.78 is 10.4. The lowest BCUT2D eigenvalue weighted by Crippen LogP contribution is -2.48. The minimum atomic E-state index is -2.16. The number of halogens is 2. The second-order valence-corrected chi connectivity index (χ2v) is 8.67. The van der Waals surface area contributed by atoms with Crippen LogP contribution in [0.5, 0.6) is 0 Å². The van der Waals surface area contributed by atoms with Gasteiger partial charge in [-0.25, -0.2) is 14.4 Å². The first-order valence-corrected chi connectivity index (χ1v) is 11.3. The number of aryl methyl sites for hydroxylation is 2. The summed E-state index contributed by atoms with van der Waals surface area (Å²) in [5.74, 6) is -4.76. The first-order valence-electron chi connectivity index (χ1n) is 10.6. The second-order valence-electron chi connectivity index (χ2n) is 7.79. The number of anilines is 1. The van der Waals surface area contributed by atoms with E-state index in [0.29, 0.717) is 15.7 Å². The number of carbonyl (C=O) groups is 4. The Kier molecular flexibility index (Phi) is 8.68. The summed E-state index contributed by atoms with van der Waals surface area (Å²) in [7, 11) is 0. The molecular formula is C26H21Cl2NO7. The van der Waals surface area contributed by atoms with Crippen LogP contribution in [0.2, 0.25) is 10.0 Å². The van der Waals surface area contributed by atoms with Crippen LogP contribution in [-0.2, 0) is 19.1 Å². The minimum absolute atomic E-state index is 0.0107. The van der Waals surface area contributed by atoms with Crippen molar-refractivity contribution in [3.8, 4) is 0 Å². The molecular weight excluding hydrogens is 509 g/mol. The van der Waals surface area contributed by atoms with Gasteiger partial charge in [-0.1, -0.05) is 29.3 Å². The molecule has 3 aromatic rings. The van der Waals surface area contributed by atoms with Crippen LogP contribution < -0.4 is 5.32 Å². The van der Waals surface area contributed by atoms with E-state index in [1.807, 2.05) is 13.8 Å². The molecule has 10 heteroatoms. The van der Waals surface area contributed by atoms with Crippen LogP contribution in [0.1, 0.15) is 31.8 Å². The molecule has 0 saturated carbocycles. The lowest BCUT2D eigenvalue weighted by atomic mass is 10.1. The Hall–Kier alpha value is -3.88. The highest BCUT2D eigenvalue weighted by atomic mass is 35.5. The predicted molar refractivity (Wildman–Crippen MR) is 133 cm³/mol. The van der Waals surface area contributed by atoms with E-state index in [1.165, 1.54) is 48.5 Å². The fourth-order valence-corrected chi connectivity index (χ4v) is 3.32. The number of carbonyl (C=O) groups excluding carboxylic acids is 3. The van der Waals surface area contributed by atoms with Crippen molar-refractivity contribution in [1.82, 2.24) is 0 Å². The number of esters is 2. The fourth-order valence-electron chi connectivity index (χ4n) is 3.07. The van der Waals surface area contributed by atoms with Crippen LogP contribution in [0.3, 0.4) is 0 Å². The van der Waals surface area contributed by atoms with E-state index in [9.17, 15) is 24.3 Å². The number of hydrogen-bond acceptors (Lipinski definition) is 6. The van der Waals surface area contributed by atoms with Crippen molar-refractivity contribution in [3.05, 3.63) is 99.0 Å². The lowest BCUT2D eigenvalue weighted by Gasteiger charge is -2.23. The molecule has 1 amide bonds. The molecule has 0 heterocycles. The summed E-state index contributed by atoms with van der Waals surface area (Å²) >= 11 is 11.7. The van der Waals surface area contributed by atoms with E-state index in [2.05, 4.69) is 5.32 Å². The van der Waals surface area contributed by atoms with E-state index in [1.54, 1.807) is 18.2 Å². The second kappa shape index (κ2) is 11.7. The van der Waals surface area contributed by atoms with Crippen LogP contribution in [0.4, 0.5) is 5.69 Å². The van der Waals surface area contributed by atoms with Crippen LogP contribution in [0, 0.1) is 13.8 Å². The van der Waals surface area contributed by atoms with Gasteiger partial charge in [-0.15, -0.1) is 0 Å². The number of aliphatic carboxylic acids is 1. The van der Waals surface area contributed by atoms with Gasteiger partial charge < -0.3 is 19.9 Å². The zero-order valence-corrected chi connectivity index (χ0v) is 20.7. The smallest absolute Gasteiger partial charge is 0.349 e. The molecule has 3 rings (SSSR count). The third-order valence-corrected chi connectivity index (χ3v) is 5.68. The van der Waals surface area contributed by atoms with Crippen molar-refractivity contribution < 1.29 is 33.8 Å². The van der Waals surface area contributed by atoms with Crippen LogP contribution in [0.25, 0.3) is 0 Å². The average molecular weight is 530 g/mol. The highest BCUT2D eigenvalue weighted by Gasteiger charge is 2.41. The van der Waals surface area contributed by atoms with Gasteiger partial charge >= 0.3 is 17.9 Å². The number of rotatable bonds is 8. The predicted octanol–water partition coefficient (Wildman–Crippen LogP) is 5.08. The van der Waals surface area contributed by atoms with E-state index in [-0.39, 0.29) is 11.1 Å². The molecule has 0 radical (unpaired) electrons. The van der Waals surface area contributed by atoms with Gasteiger partial charge in [-0.3, -0.25) is 4.79 Å². The van der Waals surface area contributed by atoms with Crippen LogP contribution >= 0.6 is 23.2 Å². The van der Waals surface area contributed by atoms with Crippen molar-refractivity contribution in [2.45, 2.75) is 26.1 Å². The van der Waals surface area contributed by atoms with Crippen molar-refractivity contribution in [2.75, 3.05) is 5.32 Å². The summed E-state index contributed by atoms with van der Waals surface area (Å²) in [5, 5.41) is 13.0. The topological polar surface area (TPSA) is 119 Å². The Morgan fingerprint density at radius 3 is 1.64 bits per heavy atom. The van der Waals surface area contributed by atoms with Crippen LogP contribution in [-0.4, -0.2) is 41.1 Å². The molecule has 0 fully saturated rings. The van der Waals surface area contributed by atoms with Gasteiger partial charge in [-0.05, 0) is 85.6 Å². The van der Waals surface area contributed by atoms with Crippen molar-refractivity contribution >= 4 is 52.7 Å². The number of benzene rings is 3. The molecule has 8 nitrogen and oxygen atoms in total. The van der Waals surface area contributed by atoms with E-state index in [0.717, 1.165) is 11.1 Å². The summed E-state index contributed by atoms with van der Waals surface area (Å²) in [5.41, 5.74) is 2.17. The van der Waals surface area contributed by atoms with Gasteiger partial charge in [0.25, 0.3) is 5.91 Å². The SMILES string of the molecule is Cc1ccc(NC(=O)[C@H](OC(=O)c2ccc(Cl)cc2)[C@H](OC(=O)c2ccc(Cl)cc2)C(=O)O)cc1C. The number of ether oxygens (including phenoxy) is 2. The fraction of sp³-hybridized carbons (Fsp3) is 0.154. The highest BCUT2D eigenvalue weighted by Crippen LogP contribution is 2.19. The van der Waals surface area contributed by atoms with Crippen LogP contribution in [0.15, 0.2) is 66.7 Å². The number of carboxylic acid groups (broad SMARTS) is 1. The van der Waals surface area contributed by atoms with Gasteiger partial charge in [0.05, 0.1) is 11.1 Å². The lowest BCUT2D eigenvalue weighted by molar-refractivity contribution is -0.157. The van der Waals surface area contributed by atoms with Gasteiger partial charge in [0.15, 0.2) is 0 Å². The van der Waals surface area contributed by atoms with Gasteiger partial charge in [0, 0.05) is 15.7 Å². The number of nitrogens with one attached hydrogen (secondary N) is 1. The first-order chi connectivity index (χ1) is 17.0. The Balaban J connectivity index is 1.92. The molecule has 0 aliphatic carbocycles. The molecule has 36 heavy (non-hydrogen) atoms. The molecule has 0 aromatic heterocycles. The molecule has 0 saturated heterocycles.